The summed E-state index contributed by atoms with van der Waals surface area (Å²) in [4.78, 5) is 11.2. The largest absolute Gasteiger partial charge is 0.469 e. The Kier molecular flexibility index (Phi) is 3.12. The molecule has 2 heteroatoms. The number of rotatable bonds is 2. The van der Waals surface area contributed by atoms with Crippen molar-refractivity contribution in [2.45, 2.75) is 33.1 Å². The molecule has 0 amide bonds. The summed E-state index contributed by atoms with van der Waals surface area (Å²) < 4.78 is 4.72. The lowest BCUT2D eigenvalue weighted by Gasteiger charge is -2.13. The fraction of sp³-hybridized carbons (Fsp3) is 0.900. The maximum atomic E-state index is 11.2. The van der Waals surface area contributed by atoms with Crippen LogP contribution in [0.2, 0.25) is 0 Å². The second-order valence-corrected chi connectivity index (χ2v) is 4.04. The van der Waals surface area contributed by atoms with Gasteiger partial charge in [0.2, 0.25) is 0 Å². The monoisotopic (exact) mass is 170 g/mol. The molecule has 0 N–H and O–H groups in total. The van der Waals surface area contributed by atoms with Crippen molar-refractivity contribution in [3.05, 3.63) is 0 Å². The Morgan fingerprint density at radius 2 is 2.08 bits per heavy atom. The maximum absolute atomic E-state index is 11.2. The highest BCUT2D eigenvalue weighted by atomic mass is 16.5. The minimum atomic E-state index is -0.0156. The number of ether oxygens (including phenoxy) is 1. The SMILES string of the molecule is COC(=O)C1CC[C@@H](C(C)C)C1. The molecule has 0 aromatic heterocycles. The quantitative estimate of drug-likeness (QED) is 0.594. The lowest BCUT2D eigenvalue weighted by molar-refractivity contribution is -0.145. The molecule has 2 nitrogen and oxygen atoms in total. The molecule has 2 atom stereocenters. The van der Waals surface area contributed by atoms with Gasteiger partial charge in [0.25, 0.3) is 0 Å². The molecule has 70 valence electrons. The highest BCUT2D eigenvalue weighted by molar-refractivity contribution is 5.72. The van der Waals surface area contributed by atoms with Crippen LogP contribution in [0.15, 0.2) is 0 Å². The number of hydrogen-bond donors (Lipinski definition) is 0. The average Bonchev–Trinajstić information content (AvgIpc) is 2.51. The Bertz CT molecular complexity index is 163. The van der Waals surface area contributed by atoms with Gasteiger partial charge in [-0.3, -0.25) is 4.79 Å². The molecule has 0 aromatic rings. The van der Waals surface area contributed by atoms with E-state index >= 15 is 0 Å². The first kappa shape index (κ1) is 9.56. The van der Waals surface area contributed by atoms with Crippen molar-refractivity contribution in [2.24, 2.45) is 17.8 Å². The van der Waals surface area contributed by atoms with Gasteiger partial charge >= 0.3 is 5.97 Å². The van der Waals surface area contributed by atoms with E-state index < -0.39 is 0 Å². The van der Waals surface area contributed by atoms with Gasteiger partial charge in [-0.2, -0.15) is 0 Å². The van der Waals surface area contributed by atoms with Gasteiger partial charge in [0.15, 0.2) is 0 Å². The van der Waals surface area contributed by atoms with Gasteiger partial charge in [0, 0.05) is 0 Å². The third kappa shape index (κ3) is 1.99. The predicted octanol–water partition coefficient (Wildman–Crippen LogP) is 2.23. The first-order chi connectivity index (χ1) is 5.65. The zero-order valence-electron chi connectivity index (χ0n) is 8.17. The van der Waals surface area contributed by atoms with Crippen molar-refractivity contribution >= 4 is 5.97 Å². The fourth-order valence-corrected chi connectivity index (χ4v) is 2.00. The van der Waals surface area contributed by atoms with Crippen LogP contribution in [-0.4, -0.2) is 13.1 Å². The lowest BCUT2D eigenvalue weighted by Crippen LogP contribution is -2.13. The van der Waals surface area contributed by atoms with Crippen molar-refractivity contribution in [3.8, 4) is 0 Å². The number of methoxy groups -OCH3 is 1. The van der Waals surface area contributed by atoms with Gasteiger partial charge < -0.3 is 4.74 Å². The highest BCUT2D eigenvalue weighted by Gasteiger charge is 2.31. The number of hydrogen-bond acceptors (Lipinski definition) is 2. The molecule has 0 heterocycles. The Hall–Kier alpha value is -0.530. The van der Waals surface area contributed by atoms with Crippen LogP contribution in [0, 0.1) is 17.8 Å². The van der Waals surface area contributed by atoms with Gasteiger partial charge in [0.05, 0.1) is 13.0 Å². The van der Waals surface area contributed by atoms with Crippen molar-refractivity contribution in [1.82, 2.24) is 0 Å². The van der Waals surface area contributed by atoms with E-state index in [1.165, 1.54) is 13.5 Å². The van der Waals surface area contributed by atoms with E-state index in [4.69, 9.17) is 4.74 Å². The molecule has 0 saturated heterocycles. The summed E-state index contributed by atoms with van der Waals surface area (Å²) in [6.45, 7) is 4.45. The second kappa shape index (κ2) is 3.92. The summed E-state index contributed by atoms with van der Waals surface area (Å²) in [5, 5.41) is 0. The summed E-state index contributed by atoms with van der Waals surface area (Å²) >= 11 is 0. The van der Waals surface area contributed by atoms with Gasteiger partial charge in [-0.25, -0.2) is 0 Å². The van der Waals surface area contributed by atoms with Gasteiger partial charge in [-0.15, -0.1) is 0 Å². The Morgan fingerprint density at radius 1 is 1.42 bits per heavy atom. The highest BCUT2D eigenvalue weighted by Crippen LogP contribution is 2.35. The Labute approximate surface area is 74.3 Å². The topological polar surface area (TPSA) is 26.3 Å². The summed E-state index contributed by atoms with van der Waals surface area (Å²) in [6, 6.07) is 0. The van der Waals surface area contributed by atoms with Crippen LogP contribution in [-0.2, 0) is 9.53 Å². The minimum Gasteiger partial charge on any atom is -0.469 e. The number of carbonyl (C=O) groups is 1. The van der Waals surface area contributed by atoms with Crippen LogP contribution in [0.5, 0.6) is 0 Å². The first-order valence-electron chi connectivity index (χ1n) is 4.73. The van der Waals surface area contributed by atoms with Crippen LogP contribution in [0.25, 0.3) is 0 Å². The molecule has 1 rings (SSSR count). The van der Waals surface area contributed by atoms with Crippen LogP contribution >= 0.6 is 0 Å². The van der Waals surface area contributed by atoms with E-state index in [2.05, 4.69) is 13.8 Å². The lowest BCUT2D eigenvalue weighted by atomic mass is 9.93. The van der Waals surface area contributed by atoms with Crippen molar-refractivity contribution in [1.29, 1.82) is 0 Å². The van der Waals surface area contributed by atoms with Crippen molar-refractivity contribution in [3.63, 3.8) is 0 Å². The average molecular weight is 170 g/mol. The number of carbonyl (C=O) groups excluding carboxylic acids is 1. The molecule has 0 bridgehead atoms. The van der Waals surface area contributed by atoms with E-state index in [0.717, 1.165) is 18.8 Å². The van der Waals surface area contributed by atoms with Crippen molar-refractivity contribution < 1.29 is 9.53 Å². The van der Waals surface area contributed by atoms with E-state index in [-0.39, 0.29) is 11.9 Å². The maximum Gasteiger partial charge on any atom is 0.308 e. The van der Waals surface area contributed by atoms with E-state index in [1.54, 1.807) is 0 Å². The molecular formula is C10H18O2. The van der Waals surface area contributed by atoms with Crippen LogP contribution in [0.1, 0.15) is 33.1 Å². The third-order valence-corrected chi connectivity index (χ3v) is 2.95. The molecule has 12 heavy (non-hydrogen) atoms. The summed E-state index contributed by atoms with van der Waals surface area (Å²) in [5.74, 6) is 1.61. The van der Waals surface area contributed by atoms with Gasteiger partial charge in [-0.1, -0.05) is 13.8 Å². The molecule has 0 spiro atoms. The second-order valence-electron chi connectivity index (χ2n) is 4.04. The molecule has 1 saturated carbocycles. The summed E-state index contributed by atoms with van der Waals surface area (Å²) in [5.41, 5.74) is 0. The standard InChI is InChI=1S/C10H18O2/c1-7(2)8-4-5-9(6-8)10(11)12-3/h7-9H,4-6H2,1-3H3/t8-,9?/m1/s1. The molecule has 0 aromatic carbocycles. The van der Waals surface area contributed by atoms with Crippen LogP contribution in [0.4, 0.5) is 0 Å². The van der Waals surface area contributed by atoms with E-state index in [1.807, 2.05) is 0 Å². The molecular weight excluding hydrogens is 152 g/mol. The first-order valence-corrected chi connectivity index (χ1v) is 4.73. The molecule has 1 fully saturated rings. The predicted molar refractivity (Wildman–Crippen MR) is 47.7 cm³/mol. The molecule has 1 aliphatic carbocycles. The normalized spacial score (nSPS) is 29.3. The zero-order chi connectivity index (χ0) is 9.14. The molecule has 1 aliphatic rings. The summed E-state index contributed by atoms with van der Waals surface area (Å²) in [6.07, 6.45) is 3.25. The van der Waals surface area contributed by atoms with Gasteiger partial charge in [-0.05, 0) is 31.1 Å². The van der Waals surface area contributed by atoms with Crippen LogP contribution in [0.3, 0.4) is 0 Å². The molecule has 0 radical (unpaired) electrons. The smallest absolute Gasteiger partial charge is 0.308 e. The van der Waals surface area contributed by atoms with E-state index in [0.29, 0.717) is 5.92 Å². The molecule has 0 aliphatic heterocycles. The number of esters is 1. The van der Waals surface area contributed by atoms with Crippen LogP contribution < -0.4 is 0 Å². The Balaban J connectivity index is 2.40. The third-order valence-electron chi connectivity index (χ3n) is 2.95. The minimum absolute atomic E-state index is 0.0156. The van der Waals surface area contributed by atoms with Gasteiger partial charge in [0.1, 0.15) is 0 Å². The molecule has 1 unspecified atom stereocenters. The van der Waals surface area contributed by atoms with Crippen molar-refractivity contribution in [2.75, 3.05) is 7.11 Å². The Morgan fingerprint density at radius 3 is 2.50 bits per heavy atom. The zero-order valence-corrected chi connectivity index (χ0v) is 8.17. The van der Waals surface area contributed by atoms with E-state index in [9.17, 15) is 4.79 Å². The fourth-order valence-electron chi connectivity index (χ4n) is 2.00. The summed E-state index contributed by atoms with van der Waals surface area (Å²) in [7, 11) is 1.48.